The first kappa shape index (κ1) is 17.8. The minimum Gasteiger partial charge on any atom is -0.336 e. The molecular formula is C18H17FN4O2S. The molecule has 0 fully saturated rings. The number of hydrogen-bond acceptors (Lipinski definition) is 4. The molecule has 134 valence electrons. The molecule has 0 bridgehead atoms. The van der Waals surface area contributed by atoms with E-state index in [1.807, 2.05) is 5.38 Å². The van der Waals surface area contributed by atoms with E-state index in [0.717, 1.165) is 0 Å². The molecule has 0 saturated carbocycles. The van der Waals surface area contributed by atoms with Gasteiger partial charge in [-0.1, -0.05) is 24.3 Å². The molecule has 26 heavy (non-hydrogen) atoms. The SMILES string of the molecule is CN(Cc1ccccc1F)C(=O)c1cc(NC(=O)c2cccs2)n(C)n1. The van der Waals surface area contributed by atoms with E-state index in [4.69, 9.17) is 0 Å². The van der Waals surface area contributed by atoms with Gasteiger partial charge in [-0.15, -0.1) is 11.3 Å². The van der Waals surface area contributed by atoms with E-state index in [-0.39, 0.29) is 29.9 Å². The van der Waals surface area contributed by atoms with E-state index in [0.29, 0.717) is 16.3 Å². The number of rotatable bonds is 5. The van der Waals surface area contributed by atoms with Gasteiger partial charge in [0.15, 0.2) is 5.69 Å². The molecule has 3 aromatic rings. The second-order valence-corrected chi connectivity index (χ2v) is 6.67. The van der Waals surface area contributed by atoms with Crippen molar-refractivity contribution in [2.24, 2.45) is 7.05 Å². The summed E-state index contributed by atoms with van der Waals surface area (Å²) in [6, 6.07) is 11.3. The fraction of sp³-hybridized carbons (Fsp3) is 0.167. The van der Waals surface area contributed by atoms with E-state index < -0.39 is 0 Å². The third-order valence-electron chi connectivity index (χ3n) is 3.80. The molecule has 0 aliphatic carbocycles. The molecule has 2 heterocycles. The van der Waals surface area contributed by atoms with Crippen LogP contribution in [-0.2, 0) is 13.6 Å². The molecule has 0 radical (unpaired) electrons. The third-order valence-corrected chi connectivity index (χ3v) is 4.67. The molecule has 3 rings (SSSR count). The summed E-state index contributed by atoms with van der Waals surface area (Å²) in [5.41, 5.74) is 0.596. The highest BCUT2D eigenvalue weighted by Crippen LogP contribution is 2.16. The molecule has 6 nitrogen and oxygen atoms in total. The first-order valence-electron chi connectivity index (χ1n) is 7.83. The Morgan fingerprint density at radius 2 is 2.04 bits per heavy atom. The molecule has 0 aliphatic heterocycles. The summed E-state index contributed by atoms with van der Waals surface area (Å²) in [6.45, 7) is 0.124. The minimum absolute atomic E-state index is 0.124. The Bertz CT molecular complexity index is 937. The van der Waals surface area contributed by atoms with Crippen molar-refractivity contribution < 1.29 is 14.0 Å². The number of carbonyl (C=O) groups excluding carboxylic acids is 2. The van der Waals surface area contributed by atoms with Crippen molar-refractivity contribution in [3.05, 3.63) is 69.8 Å². The minimum atomic E-state index is -0.364. The predicted octanol–water partition coefficient (Wildman–Crippen LogP) is 3.15. The van der Waals surface area contributed by atoms with Crippen molar-refractivity contribution in [3.63, 3.8) is 0 Å². The standard InChI is InChI=1S/C18H17FN4O2S/c1-22(11-12-6-3-4-7-13(12)19)18(25)14-10-16(23(2)21-14)20-17(24)15-8-5-9-26-15/h3-10H,11H2,1-2H3,(H,20,24). The van der Waals surface area contributed by atoms with Gasteiger partial charge >= 0.3 is 0 Å². The van der Waals surface area contributed by atoms with Crippen molar-refractivity contribution in [3.8, 4) is 0 Å². The molecule has 2 aromatic heterocycles. The fourth-order valence-corrected chi connectivity index (χ4v) is 3.04. The van der Waals surface area contributed by atoms with Crippen molar-refractivity contribution >= 4 is 29.0 Å². The van der Waals surface area contributed by atoms with Crippen LogP contribution < -0.4 is 5.32 Å². The number of nitrogens with one attached hydrogen (secondary N) is 1. The smallest absolute Gasteiger partial charge is 0.274 e. The molecular weight excluding hydrogens is 355 g/mol. The van der Waals surface area contributed by atoms with E-state index in [1.165, 1.54) is 33.1 Å². The summed E-state index contributed by atoms with van der Waals surface area (Å²) in [7, 11) is 3.21. The number of halogens is 1. The van der Waals surface area contributed by atoms with Gasteiger partial charge in [-0.25, -0.2) is 4.39 Å². The molecule has 0 aliphatic rings. The lowest BCUT2D eigenvalue weighted by molar-refractivity contribution is 0.0777. The molecule has 2 amide bonds. The van der Waals surface area contributed by atoms with Crippen LogP contribution in [0, 0.1) is 5.82 Å². The number of benzene rings is 1. The normalized spacial score (nSPS) is 10.6. The van der Waals surface area contributed by atoms with E-state index in [2.05, 4.69) is 10.4 Å². The van der Waals surface area contributed by atoms with Crippen LogP contribution in [0.1, 0.15) is 25.7 Å². The maximum Gasteiger partial charge on any atom is 0.274 e. The number of aryl methyl sites for hydroxylation is 1. The van der Waals surface area contributed by atoms with Gasteiger partial charge in [0.1, 0.15) is 11.6 Å². The second-order valence-electron chi connectivity index (χ2n) is 5.72. The Morgan fingerprint density at radius 3 is 2.73 bits per heavy atom. The van der Waals surface area contributed by atoms with E-state index in [9.17, 15) is 14.0 Å². The predicted molar refractivity (Wildman–Crippen MR) is 97.7 cm³/mol. The van der Waals surface area contributed by atoms with Gasteiger partial charge in [0.05, 0.1) is 4.88 Å². The molecule has 1 N–H and O–H groups in total. The molecule has 8 heteroatoms. The lowest BCUT2D eigenvalue weighted by Gasteiger charge is -2.16. The Hall–Kier alpha value is -3.00. The molecule has 0 spiro atoms. The summed E-state index contributed by atoms with van der Waals surface area (Å²) < 4.78 is 15.2. The zero-order chi connectivity index (χ0) is 18.7. The van der Waals surface area contributed by atoms with Gasteiger partial charge in [0.25, 0.3) is 11.8 Å². The summed E-state index contributed by atoms with van der Waals surface area (Å²) in [4.78, 5) is 26.6. The van der Waals surface area contributed by atoms with Crippen LogP contribution in [-0.4, -0.2) is 33.5 Å². The van der Waals surface area contributed by atoms with Crippen LogP contribution in [0.5, 0.6) is 0 Å². The zero-order valence-corrected chi connectivity index (χ0v) is 15.1. The van der Waals surface area contributed by atoms with Gasteiger partial charge in [-0.2, -0.15) is 5.10 Å². The largest absolute Gasteiger partial charge is 0.336 e. The Kier molecular flexibility index (Phi) is 5.13. The summed E-state index contributed by atoms with van der Waals surface area (Å²) >= 11 is 1.32. The maximum absolute atomic E-state index is 13.8. The number of thiophene rings is 1. The number of aromatic nitrogens is 2. The number of anilines is 1. The number of carbonyl (C=O) groups is 2. The van der Waals surface area contributed by atoms with Crippen LogP contribution in [0.15, 0.2) is 47.8 Å². The van der Waals surface area contributed by atoms with Crippen molar-refractivity contribution in [2.45, 2.75) is 6.54 Å². The van der Waals surface area contributed by atoms with E-state index >= 15 is 0 Å². The lowest BCUT2D eigenvalue weighted by atomic mass is 10.2. The van der Waals surface area contributed by atoms with E-state index in [1.54, 1.807) is 44.4 Å². The van der Waals surface area contributed by atoms with Gasteiger partial charge < -0.3 is 10.2 Å². The third kappa shape index (κ3) is 3.80. The monoisotopic (exact) mass is 372 g/mol. The maximum atomic E-state index is 13.8. The first-order valence-corrected chi connectivity index (χ1v) is 8.71. The highest BCUT2D eigenvalue weighted by molar-refractivity contribution is 7.12. The van der Waals surface area contributed by atoms with Crippen LogP contribution >= 0.6 is 11.3 Å². The van der Waals surface area contributed by atoms with Crippen LogP contribution in [0.2, 0.25) is 0 Å². The topological polar surface area (TPSA) is 67.2 Å². The summed E-state index contributed by atoms with van der Waals surface area (Å²) in [5.74, 6) is -0.578. The average Bonchev–Trinajstić information content (AvgIpc) is 3.27. The van der Waals surface area contributed by atoms with Gasteiger partial charge in [-0.3, -0.25) is 14.3 Å². The Labute approximate surface area is 153 Å². The van der Waals surface area contributed by atoms with Gasteiger partial charge in [0, 0.05) is 32.3 Å². The summed E-state index contributed by atoms with van der Waals surface area (Å²) in [6.07, 6.45) is 0. The molecule has 1 aromatic carbocycles. The number of amides is 2. The van der Waals surface area contributed by atoms with Gasteiger partial charge in [-0.05, 0) is 17.5 Å². The Morgan fingerprint density at radius 1 is 1.27 bits per heavy atom. The van der Waals surface area contributed by atoms with Crippen LogP contribution in [0.25, 0.3) is 0 Å². The zero-order valence-electron chi connectivity index (χ0n) is 14.3. The Balaban J connectivity index is 1.72. The second kappa shape index (κ2) is 7.49. The average molecular weight is 372 g/mol. The number of nitrogens with zero attached hydrogens (tertiary/aromatic N) is 3. The first-order chi connectivity index (χ1) is 12.5. The lowest BCUT2D eigenvalue weighted by Crippen LogP contribution is -2.27. The van der Waals surface area contributed by atoms with Crippen molar-refractivity contribution in [2.75, 3.05) is 12.4 Å². The van der Waals surface area contributed by atoms with Crippen molar-refractivity contribution in [1.82, 2.24) is 14.7 Å². The number of hydrogen-bond donors (Lipinski definition) is 1. The molecule has 0 saturated heterocycles. The molecule has 0 atom stereocenters. The quantitative estimate of drug-likeness (QED) is 0.748. The van der Waals surface area contributed by atoms with Crippen molar-refractivity contribution in [1.29, 1.82) is 0 Å². The highest BCUT2D eigenvalue weighted by Gasteiger charge is 2.19. The van der Waals surface area contributed by atoms with Crippen LogP contribution in [0.4, 0.5) is 10.2 Å². The van der Waals surface area contributed by atoms with Gasteiger partial charge in [0.2, 0.25) is 0 Å². The summed E-state index contributed by atoms with van der Waals surface area (Å²) in [5, 5.41) is 8.69. The van der Waals surface area contributed by atoms with Crippen LogP contribution in [0.3, 0.4) is 0 Å². The highest BCUT2D eigenvalue weighted by atomic mass is 32.1. The molecule has 0 unspecified atom stereocenters. The fourth-order valence-electron chi connectivity index (χ4n) is 2.42.